The molecule has 1 heterocycles. The van der Waals surface area contributed by atoms with Crippen LogP contribution in [-0.4, -0.2) is 24.7 Å². The number of nitrogen functional groups attached to an aromatic ring is 1. The van der Waals surface area contributed by atoms with Crippen molar-refractivity contribution in [1.29, 1.82) is 0 Å². The highest BCUT2D eigenvalue weighted by Gasteiger charge is 2.16. The molecule has 1 aromatic carbocycles. The van der Waals surface area contributed by atoms with Crippen molar-refractivity contribution in [1.82, 2.24) is 4.98 Å². The number of pyridine rings is 1. The third kappa shape index (κ3) is 3.42. The largest absolute Gasteiger partial charge is 0.493 e. The van der Waals surface area contributed by atoms with Gasteiger partial charge in [-0.25, -0.2) is 9.78 Å². The number of aromatic nitrogens is 1. The van der Waals surface area contributed by atoms with Gasteiger partial charge < -0.3 is 19.9 Å². The molecule has 0 aliphatic heterocycles. The minimum atomic E-state index is -0.491. The molecule has 2 aromatic rings. The van der Waals surface area contributed by atoms with Crippen LogP contribution in [0.4, 0.5) is 5.69 Å². The molecule has 0 atom stereocenters. The Kier molecular flexibility index (Phi) is 4.61. The molecule has 0 amide bonds. The first kappa shape index (κ1) is 14.6. The van der Waals surface area contributed by atoms with Crippen molar-refractivity contribution >= 4 is 11.7 Å². The van der Waals surface area contributed by atoms with Crippen molar-refractivity contribution < 1.29 is 19.0 Å². The van der Waals surface area contributed by atoms with Gasteiger partial charge >= 0.3 is 5.97 Å². The van der Waals surface area contributed by atoms with Crippen molar-refractivity contribution in [3.8, 4) is 17.4 Å². The van der Waals surface area contributed by atoms with Gasteiger partial charge in [-0.1, -0.05) is 0 Å². The Balaban J connectivity index is 2.34. The van der Waals surface area contributed by atoms with Crippen LogP contribution < -0.4 is 15.2 Å². The Bertz CT molecular complexity index is 643. The van der Waals surface area contributed by atoms with Crippen LogP contribution >= 0.6 is 0 Å². The highest BCUT2D eigenvalue weighted by Crippen LogP contribution is 2.33. The fourth-order valence-electron chi connectivity index (χ4n) is 1.71. The molecule has 6 heteroatoms. The number of carbonyl (C=O) groups excluding carboxylic acids is 1. The van der Waals surface area contributed by atoms with Gasteiger partial charge in [0.05, 0.1) is 13.7 Å². The number of benzene rings is 1. The lowest BCUT2D eigenvalue weighted by atomic mass is 10.2. The Hall–Kier alpha value is -2.76. The fourth-order valence-corrected chi connectivity index (χ4v) is 1.71. The zero-order valence-electron chi connectivity index (χ0n) is 11.8. The first-order valence-electron chi connectivity index (χ1n) is 6.39. The van der Waals surface area contributed by atoms with Crippen molar-refractivity contribution in [2.24, 2.45) is 0 Å². The van der Waals surface area contributed by atoms with E-state index >= 15 is 0 Å². The lowest BCUT2D eigenvalue weighted by molar-refractivity contribution is 0.0522. The SMILES string of the molecule is CCOC(=O)c1cccnc1Oc1ccc(N)cc1OC. The number of anilines is 1. The van der Waals surface area contributed by atoms with Crippen LogP contribution in [0.1, 0.15) is 17.3 Å². The van der Waals surface area contributed by atoms with Crippen LogP contribution in [0.15, 0.2) is 36.5 Å². The van der Waals surface area contributed by atoms with E-state index in [-0.39, 0.29) is 18.1 Å². The molecule has 21 heavy (non-hydrogen) atoms. The predicted octanol–water partition coefficient (Wildman–Crippen LogP) is 2.64. The summed E-state index contributed by atoms with van der Waals surface area (Å²) >= 11 is 0. The van der Waals surface area contributed by atoms with E-state index in [1.54, 1.807) is 37.3 Å². The second-order valence-corrected chi connectivity index (χ2v) is 4.09. The Morgan fingerprint density at radius 2 is 2.10 bits per heavy atom. The summed E-state index contributed by atoms with van der Waals surface area (Å²) in [6.07, 6.45) is 1.53. The lowest BCUT2D eigenvalue weighted by Crippen LogP contribution is -2.07. The molecule has 0 saturated carbocycles. The summed E-state index contributed by atoms with van der Waals surface area (Å²) in [5.74, 6) is 0.528. The van der Waals surface area contributed by atoms with E-state index in [0.29, 0.717) is 17.2 Å². The van der Waals surface area contributed by atoms with E-state index in [9.17, 15) is 4.79 Å². The summed E-state index contributed by atoms with van der Waals surface area (Å²) in [4.78, 5) is 15.9. The van der Waals surface area contributed by atoms with Gasteiger partial charge in [0.25, 0.3) is 0 Å². The first-order chi connectivity index (χ1) is 10.2. The molecular formula is C15H16N2O4. The van der Waals surface area contributed by atoms with Crippen LogP contribution in [0.2, 0.25) is 0 Å². The van der Waals surface area contributed by atoms with Crippen LogP contribution in [-0.2, 0) is 4.74 Å². The normalized spacial score (nSPS) is 10.0. The minimum absolute atomic E-state index is 0.152. The van der Waals surface area contributed by atoms with Gasteiger partial charge in [0, 0.05) is 18.0 Å². The lowest BCUT2D eigenvalue weighted by Gasteiger charge is -2.12. The second kappa shape index (κ2) is 6.60. The Morgan fingerprint density at radius 1 is 1.29 bits per heavy atom. The summed E-state index contributed by atoms with van der Waals surface area (Å²) < 4.78 is 15.8. The number of nitrogens with zero attached hydrogens (tertiary/aromatic N) is 1. The fraction of sp³-hybridized carbons (Fsp3) is 0.200. The van der Waals surface area contributed by atoms with E-state index in [2.05, 4.69) is 4.98 Å². The molecule has 0 aliphatic rings. The third-order valence-corrected chi connectivity index (χ3v) is 2.66. The molecule has 0 spiro atoms. The maximum Gasteiger partial charge on any atom is 0.343 e. The molecule has 0 fully saturated rings. The monoisotopic (exact) mass is 288 g/mol. The number of nitrogens with two attached hydrogens (primary N) is 1. The van der Waals surface area contributed by atoms with Gasteiger partial charge in [0.2, 0.25) is 5.88 Å². The average molecular weight is 288 g/mol. The van der Waals surface area contributed by atoms with E-state index in [1.165, 1.54) is 13.3 Å². The second-order valence-electron chi connectivity index (χ2n) is 4.09. The highest BCUT2D eigenvalue weighted by molar-refractivity contribution is 5.91. The number of carbonyl (C=O) groups is 1. The molecule has 6 nitrogen and oxygen atoms in total. The molecule has 0 radical (unpaired) electrons. The summed E-state index contributed by atoms with van der Waals surface area (Å²) in [7, 11) is 1.51. The molecule has 0 unspecified atom stereocenters. The zero-order chi connectivity index (χ0) is 15.2. The zero-order valence-corrected chi connectivity index (χ0v) is 11.8. The highest BCUT2D eigenvalue weighted by atomic mass is 16.5. The number of hydrogen-bond acceptors (Lipinski definition) is 6. The number of ether oxygens (including phenoxy) is 3. The summed E-state index contributed by atoms with van der Waals surface area (Å²) in [5, 5.41) is 0. The van der Waals surface area contributed by atoms with E-state index < -0.39 is 5.97 Å². The Morgan fingerprint density at radius 3 is 2.81 bits per heavy atom. The number of methoxy groups -OCH3 is 1. The average Bonchev–Trinajstić information content (AvgIpc) is 2.49. The molecule has 0 aliphatic carbocycles. The van der Waals surface area contributed by atoms with Crippen molar-refractivity contribution in [2.45, 2.75) is 6.92 Å². The molecule has 2 N–H and O–H groups in total. The summed E-state index contributed by atoms with van der Waals surface area (Å²) in [6.45, 7) is 2.01. The minimum Gasteiger partial charge on any atom is -0.493 e. The molecule has 1 aromatic heterocycles. The van der Waals surface area contributed by atoms with Crippen molar-refractivity contribution in [3.63, 3.8) is 0 Å². The van der Waals surface area contributed by atoms with Gasteiger partial charge in [-0.15, -0.1) is 0 Å². The standard InChI is InChI=1S/C15H16N2O4/c1-3-20-15(18)11-5-4-8-17-14(11)21-12-7-6-10(16)9-13(12)19-2/h4-9H,3,16H2,1-2H3. The van der Waals surface area contributed by atoms with E-state index in [0.717, 1.165) is 0 Å². The smallest absolute Gasteiger partial charge is 0.343 e. The maximum atomic E-state index is 11.9. The van der Waals surface area contributed by atoms with Crippen molar-refractivity contribution in [2.75, 3.05) is 19.5 Å². The van der Waals surface area contributed by atoms with Crippen molar-refractivity contribution in [3.05, 3.63) is 42.1 Å². The summed E-state index contributed by atoms with van der Waals surface area (Å²) in [6, 6.07) is 8.17. The predicted molar refractivity (Wildman–Crippen MR) is 77.7 cm³/mol. The number of esters is 1. The van der Waals surface area contributed by atoms with E-state index in [4.69, 9.17) is 19.9 Å². The van der Waals surface area contributed by atoms with Crippen LogP contribution in [0, 0.1) is 0 Å². The van der Waals surface area contributed by atoms with E-state index in [1.807, 2.05) is 0 Å². The molecular weight excluding hydrogens is 272 g/mol. The quantitative estimate of drug-likeness (QED) is 0.672. The molecule has 0 bridgehead atoms. The molecule has 110 valence electrons. The third-order valence-electron chi connectivity index (χ3n) is 2.66. The van der Waals surface area contributed by atoms with Crippen LogP contribution in [0.3, 0.4) is 0 Å². The summed E-state index contributed by atoms with van der Waals surface area (Å²) in [5.41, 5.74) is 6.48. The topological polar surface area (TPSA) is 83.7 Å². The Labute approximate surface area is 122 Å². The van der Waals surface area contributed by atoms with Gasteiger partial charge in [0.15, 0.2) is 11.5 Å². The van der Waals surface area contributed by atoms with Gasteiger partial charge in [-0.3, -0.25) is 0 Å². The first-order valence-corrected chi connectivity index (χ1v) is 6.39. The molecule has 0 saturated heterocycles. The van der Waals surface area contributed by atoms with Gasteiger partial charge in [0.1, 0.15) is 5.56 Å². The molecule has 2 rings (SSSR count). The van der Waals surface area contributed by atoms with Gasteiger partial charge in [-0.2, -0.15) is 0 Å². The van der Waals surface area contributed by atoms with Gasteiger partial charge in [-0.05, 0) is 31.2 Å². The van der Waals surface area contributed by atoms with Crippen LogP contribution in [0.25, 0.3) is 0 Å². The number of hydrogen-bond donors (Lipinski definition) is 1. The maximum absolute atomic E-state index is 11.9. The van der Waals surface area contributed by atoms with Crippen LogP contribution in [0.5, 0.6) is 17.4 Å². The number of rotatable bonds is 5.